The summed E-state index contributed by atoms with van der Waals surface area (Å²) in [6, 6.07) is 14.2. The van der Waals surface area contributed by atoms with Crippen molar-refractivity contribution in [2.24, 2.45) is 0 Å². The molecule has 0 unspecified atom stereocenters. The van der Waals surface area contributed by atoms with Gasteiger partial charge in [0.25, 0.3) is 0 Å². The predicted octanol–water partition coefficient (Wildman–Crippen LogP) is 2.59. The smallest absolute Gasteiger partial charge is 0.0558 e. The van der Waals surface area contributed by atoms with E-state index in [1.807, 2.05) is 30.5 Å². The van der Waals surface area contributed by atoms with Crippen LogP contribution < -0.4 is 0 Å². The minimum Gasteiger partial charge on any atom is -0.395 e. The average Bonchev–Trinajstić information content (AvgIpc) is 2.49. The Kier molecular flexibility index (Phi) is 5.96. The highest BCUT2D eigenvalue weighted by Crippen LogP contribution is 2.05. The van der Waals surface area contributed by atoms with Gasteiger partial charge in [0.1, 0.15) is 0 Å². The predicted molar refractivity (Wildman–Crippen MR) is 82.1 cm³/mol. The average molecular weight is 268 g/mol. The topological polar surface area (TPSA) is 36.4 Å². The molecule has 0 atom stereocenters. The van der Waals surface area contributed by atoms with Gasteiger partial charge in [0.15, 0.2) is 0 Å². The quantitative estimate of drug-likeness (QED) is 0.838. The first-order chi connectivity index (χ1) is 9.88. The standard InChI is InChI=1S/C17H20N2O/c20-13-12-19(15-17-8-4-10-18-14-17)11-5-9-16-6-2-1-3-7-16/h1-10,14,20H,11-13,15H2. The Morgan fingerprint density at radius 2 is 1.95 bits per heavy atom. The second-order valence-corrected chi connectivity index (χ2v) is 4.63. The monoisotopic (exact) mass is 268 g/mol. The molecule has 0 aliphatic carbocycles. The fourth-order valence-corrected chi connectivity index (χ4v) is 2.03. The van der Waals surface area contributed by atoms with E-state index in [4.69, 9.17) is 5.11 Å². The largest absolute Gasteiger partial charge is 0.395 e. The number of benzene rings is 1. The van der Waals surface area contributed by atoms with E-state index >= 15 is 0 Å². The summed E-state index contributed by atoms with van der Waals surface area (Å²) in [5.74, 6) is 0. The molecule has 2 aromatic rings. The zero-order valence-corrected chi connectivity index (χ0v) is 11.5. The van der Waals surface area contributed by atoms with E-state index in [2.05, 4.69) is 40.2 Å². The fourth-order valence-electron chi connectivity index (χ4n) is 2.03. The Bertz CT molecular complexity index is 511. The van der Waals surface area contributed by atoms with E-state index < -0.39 is 0 Å². The van der Waals surface area contributed by atoms with Gasteiger partial charge in [0.05, 0.1) is 6.61 Å². The van der Waals surface area contributed by atoms with E-state index in [1.165, 1.54) is 5.56 Å². The number of rotatable bonds is 7. The molecule has 2 rings (SSSR count). The van der Waals surface area contributed by atoms with Crippen molar-refractivity contribution in [3.8, 4) is 0 Å². The molecule has 0 saturated heterocycles. The SMILES string of the molecule is OCCN(CC=Cc1ccccc1)Cc1cccnc1. The van der Waals surface area contributed by atoms with Crippen molar-refractivity contribution in [1.82, 2.24) is 9.88 Å². The van der Waals surface area contributed by atoms with E-state index in [-0.39, 0.29) is 6.61 Å². The first-order valence-corrected chi connectivity index (χ1v) is 6.82. The maximum absolute atomic E-state index is 9.15. The van der Waals surface area contributed by atoms with Crippen molar-refractivity contribution in [3.05, 3.63) is 72.1 Å². The third-order valence-electron chi connectivity index (χ3n) is 3.02. The first-order valence-electron chi connectivity index (χ1n) is 6.82. The molecule has 0 bridgehead atoms. The molecule has 1 N–H and O–H groups in total. The lowest BCUT2D eigenvalue weighted by Gasteiger charge is -2.19. The Morgan fingerprint density at radius 3 is 2.65 bits per heavy atom. The van der Waals surface area contributed by atoms with Crippen LogP contribution in [0.25, 0.3) is 6.08 Å². The van der Waals surface area contributed by atoms with Gasteiger partial charge in [-0.25, -0.2) is 0 Å². The van der Waals surface area contributed by atoms with Gasteiger partial charge < -0.3 is 5.11 Å². The molecule has 0 aliphatic heterocycles. The van der Waals surface area contributed by atoms with E-state index in [0.29, 0.717) is 6.54 Å². The summed E-state index contributed by atoms with van der Waals surface area (Å²) in [5.41, 5.74) is 2.35. The number of aliphatic hydroxyl groups excluding tert-OH is 1. The Hall–Kier alpha value is -1.97. The lowest BCUT2D eigenvalue weighted by molar-refractivity contribution is 0.203. The molecule has 0 amide bonds. The van der Waals surface area contributed by atoms with Gasteiger partial charge in [-0.15, -0.1) is 0 Å². The number of hydrogen-bond donors (Lipinski definition) is 1. The van der Waals surface area contributed by atoms with Crippen LogP contribution in [0, 0.1) is 0 Å². The van der Waals surface area contributed by atoms with Crippen LogP contribution in [0.4, 0.5) is 0 Å². The second-order valence-electron chi connectivity index (χ2n) is 4.63. The summed E-state index contributed by atoms with van der Waals surface area (Å²) in [6.45, 7) is 2.44. The molecule has 0 radical (unpaired) electrons. The Morgan fingerprint density at radius 1 is 1.10 bits per heavy atom. The molecule has 20 heavy (non-hydrogen) atoms. The number of nitrogens with zero attached hydrogens (tertiary/aromatic N) is 2. The van der Waals surface area contributed by atoms with Gasteiger partial charge in [-0.2, -0.15) is 0 Å². The minimum absolute atomic E-state index is 0.166. The van der Waals surface area contributed by atoms with Gasteiger partial charge in [0, 0.05) is 32.0 Å². The van der Waals surface area contributed by atoms with Gasteiger partial charge in [0.2, 0.25) is 0 Å². The van der Waals surface area contributed by atoms with Crippen molar-refractivity contribution >= 4 is 6.08 Å². The summed E-state index contributed by atoms with van der Waals surface area (Å²) < 4.78 is 0. The van der Waals surface area contributed by atoms with Crippen LogP contribution in [-0.2, 0) is 6.54 Å². The maximum atomic E-state index is 9.15. The highest BCUT2D eigenvalue weighted by atomic mass is 16.3. The lowest BCUT2D eigenvalue weighted by atomic mass is 10.2. The summed E-state index contributed by atoms with van der Waals surface area (Å²) in [4.78, 5) is 6.31. The molecule has 3 heteroatoms. The summed E-state index contributed by atoms with van der Waals surface area (Å²) >= 11 is 0. The van der Waals surface area contributed by atoms with Crippen LogP contribution >= 0.6 is 0 Å². The minimum atomic E-state index is 0.166. The van der Waals surface area contributed by atoms with Crippen molar-refractivity contribution in [2.45, 2.75) is 6.54 Å². The van der Waals surface area contributed by atoms with E-state index in [1.54, 1.807) is 6.20 Å². The lowest BCUT2D eigenvalue weighted by Crippen LogP contribution is -2.26. The molecule has 104 valence electrons. The van der Waals surface area contributed by atoms with Crippen molar-refractivity contribution in [2.75, 3.05) is 19.7 Å². The molecular weight excluding hydrogens is 248 g/mol. The van der Waals surface area contributed by atoms with Crippen molar-refractivity contribution in [3.63, 3.8) is 0 Å². The molecule has 3 nitrogen and oxygen atoms in total. The molecule has 1 aromatic carbocycles. The van der Waals surface area contributed by atoms with Gasteiger partial charge in [-0.3, -0.25) is 9.88 Å². The number of hydrogen-bond acceptors (Lipinski definition) is 3. The molecule has 0 aliphatic rings. The number of aliphatic hydroxyl groups is 1. The number of pyridine rings is 1. The van der Waals surface area contributed by atoms with Crippen LogP contribution in [0.15, 0.2) is 60.9 Å². The third kappa shape index (κ3) is 4.96. The third-order valence-corrected chi connectivity index (χ3v) is 3.02. The van der Waals surface area contributed by atoms with E-state index in [9.17, 15) is 0 Å². The Labute approximate surface area is 120 Å². The normalized spacial score (nSPS) is 11.3. The van der Waals surface area contributed by atoms with Crippen LogP contribution in [-0.4, -0.2) is 34.7 Å². The summed E-state index contributed by atoms with van der Waals surface area (Å²) in [6.07, 6.45) is 7.87. The van der Waals surface area contributed by atoms with E-state index in [0.717, 1.165) is 18.7 Å². The second kappa shape index (κ2) is 8.25. The Balaban J connectivity index is 1.91. The molecule has 0 spiro atoms. The summed E-state index contributed by atoms with van der Waals surface area (Å²) in [7, 11) is 0. The van der Waals surface area contributed by atoms with Crippen molar-refractivity contribution in [1.29, 1.82) is 0 Å². The maximum Gasteiger partial charge on any atom is 0.0558 e. The van der Waals surface area contributed by atoms with Gasteiger partial charge in [-0.1, -0.05) is 48.6 Å². The fraction of sp³-hybridized carbons (Fsp3) is 0.235. The van der Waals surface area contributed by atoms with Crippen LogP contribution in [0.2, 0.25) is 0 Å². The van der Waals surface area contributed by atoms with Crippen LogP contribution in [0.3, 0.4) is 0 Å². The molecule has 0 fully saturated rings. The zero-order chi connectivity index (χ0) is 14.0. The molecule has 1 heterocycles. The number of aromatic nitrogens is 1. The highest BCUT2D eigenvalue weighted by molar-refractivity contribution is 5.48. The van der Waals surface area contributed by atoms with Gasteiger partial charge >= 0.3 is 0 Å². The van der Waals surface area contributed by atoms with Crippen LogP contribution in [0.1, 0.15) is 11.1 Å². The molecule has 0 saturated carbocycles. The zero-order valence-electron chi connectivity index (χ0n) is 11.5. The first kappa shape index (κ1) is 14.4. The van der Waals surface area contributed by atoms with Crippen molar-refractivity contribution < 1.29 is 5.11 Å². The molecular formula is C17H20N2O. The molecule has 1 aromatic heterocycles. The van der Waals surface area contributed by atoms with Gasteiger partial charge in [-0.05, 0) is 17.2 Å². The highest BCUT2D eigenvalue weighted by Gasteiger charge is 2.03. The summed E-state index contributed by atoms with van der Waals surface area (Å²) in [5, 5.41) is 9.15. The van der Waals surface area contributed by atoms with Crippen LogP contribution in [0.5, 0.6) is 0 Å².